The Balaban J connectivity index is 0.00000423. The number of esters is 1. The van der Waals surface area contributed by atoms with Gasteiger partial charge in [-0.05, 0) is 11.1 Å². The topological polar surface area (TPSA) is 176 Å². The zero-order chi connectivity index (χ0) is 29.9. The summed E-state index contributed by atoms with van der Waals surface area (Å²) in [6.07, 6.45) is -0.696. The van der Waals surface area contributed by atoms with Crippen molar-refractivity contribution in [2.75, 3.05) is 24.6 Å². The average Bonchev–Trinajstić information content (AvgIpc) is 3.43. The number of hydrogen-bond donors (Lipinski definition) is 2. The summed E-state index contributed by atoms with van der Waals surface area (Å²) in [4.78, 5) is 58.9. The first-order valence-corrected chi connectivity index (χ1v) is 14.8. The van der Waals surface area contributed by atoms with E-state index in [4.69, 9.17) is 26.9 Å². The molecule has 218 valence electrons. The number of rotatable bonds is 10. The molecule has 0 bridgehead atoms. The Morgan fingerprint density at radius 1 is 1.16 bits per heavy atom. The van der Waals surface area contributed by atoms with E-state index in [1.54, 1.807) is 0 Å². The smallest absolute Gasteiger partial charge is 0.548 e. The first kappa shape index (κ1) is 32.8. The monoisotopic (exact) mass is 651 g/mol. The number of thioether (sulfide) groups is 1. The van der Waals surface area contributed by atoms with Crippen LogP contribution in [0.4, 0.5) is 5.13 Å². The molecular formula is C27H23ClN5NaO7S2. The molecule has 3 heterocycles. The van der Waals surface area contributed by atoms with Gasteiger partial charge in [-0.25, -0.2) is 9.78 Å². The molecule has 2 aliphatic rings. The Morgan fingerprint density at radius 3 is 2.35 bits per heavy atom. The third kappa shape index (κ3) is 7.33. The van der Waals surface area contributed by atoms with E-state index in [-0.39, 0.29) is 58.4 Å². The van der Waals surface area contributed by atoms with Gasteiger partial charge in [-0.1, -0.05) is 65.8 Å². The zero-order valence-electron chi connectivity index (χ0n) is 22.7. The SMILES string of the molecule is Nc1nc(C(=NOCC(=O)OC(c2ccccc2)c2ccccc2)C(=O)NC2C(=O)N3CC(Cl)(C(=O)[O-])CS[C@H]23)cs1.[Na+]. The van der Waals surface area contributed by atoms with Gasteiger partial charge in [0, 0.05) is 17.7 Å². The number of carboxylic acid groups (broad SMARTS) is 1. The number of carbonyl (C=O) groups excluding carboxylic acids is 4. The van der Waals surface area contributed by atoms with Gasteiger partial charge in [0.05, 0.1) is 5.97 Å². The number of benzene rings is 2. The molecule has 2 amide bonds. The van der Waals surface area contributed by atoms with E-state index < -0.39 is 52.8 Å². The number of nitrogens with two attached hydrogens (primary N) is 1. The number of β-lactam (4-membered cyclic amide) rings is 1. The second-order valence-corrected chi connectivity index (χ2v) is 12.1. The third-order valence-electron chi connectivity index (χ3n) is 6.47. The Labute approximate surface area is 281 Å². The van der Waals surface area contributed by atoms with Crippen LogP contribution in [0.2, 0.25) is 0 Å². The van der Waals surface area contributed by atoms with Crippen molar-refractivity contribution in [2.45, 2.75) is 22.4 Å². The van der Waals surface area contributed by atoms with Crippen LogP contribution in [0.5, 0.6) is 0 Å². The summed E-state index contributed by atoms with van der Waals surface area (Å²) in [6.45, 7) is -0.871. The van der Waals surface area contributed by atoms with Crippen LogP contribution in [0.25, 0.3) is 0 Å². The Hall–Kier alpha value is -3.14. The predicted molar refractivity (Wildman–Crippen MR) is 153 cm³/mol. The molecule has 0 aliphatic carbocycles. The van der Waals surface area contributed by atoms with Crippen LogP contribution in [-0.4, -0.2) is 74.5 Å². The Bertz CT molecular complexity index is 1490. The number of nitrogens with zero attached hydrogens (tertiary/aromatic N) is 3. The fraction of sp³-hybridized carbons (Fsp3) is 0.259. The normalized spacial score (nSPS) is 21.2. The summed E-state index contributed by atoms with van der Waals surface area (Å²) < 4.78 is 5.70. The maximum atomic E-state index is 13.2. The molecule has 3 N–H and O–H groups in total. The van der Waals surface area contributed by atoms with Crippen LogP contribution in [-0.2, 0) is 28.8 Å². The van der Waals surface area contributed by atoms with Crippen LogP contribution in [0.1, 0.15) is 22.9 Å². The molecule has 3 atom stereocenters. The van der Waals surface area contributed by atoms with E-state index >= 15 is 0 Å². The van der Waals surface area contributed by atoms with E-state index in [0.717, 1.165) is 34.2 Å². The third-order valence-corrected chi connectivity index (χ3v) is 9.24. The number of aliphatic carboxylic acids is 1. The van der Waals surface area contributed by atoms with Crippen molar-refractivity contribution in [3.05, 3.63) is 82.9 Å². The molecule has 2 unspecified atom stereocenters. The van der Waals surface area contributed by atoms with Gasteiger partial charge in [0.25, 0.3) is 5.91 Å². The maximum Gasteiger partial charge on any atom is 1.00 e. The van der Waals surface area contributed by atoms with Gasteiger partial charge in [0.15, 0.2) is 16.9 Å². The van der Waals surface area contributed by atoms with Crippen LogP contribution in [0, 0.1) is 0 Å². The number of nitrogens with one attached hydrogen (secondary N) is 1. The van der Waals surface area contributed by atoms with Crippen molar-refractivity contribution in [1.29, 1.82) is 0 Å². The second kappa shape index (κ2) is 14.1. The van der Waals surface area contributed by atoms with Crippen molar-refractivity contribution in [3.8, 4) is 0 Å². The van der Waals surface area contributed by atoms with E-state index in [9.17, 15) is 24.3 Å². The van der Waals surface area contributed by atoms with Gasteiger partial charge in [-0.15, -0.1) is 34.7 Å². The van der Waals surface area contributed by atoms with Crippen LogP contribution in [0.3, 0.4) is 0 Å². The molecule has 2 aromatic carbocycles. The Kier molecular flexibility index (Phi) is 10.7. The van der Waals surface area contributed by atoms with E-state index in [0.29, 0.717) is 0 Å². The minimum atomic E-state index is -1.71. The number of aromatic nitrogens is 1. The number of ether oxygens (including phenoxy) is 1. The second-order valence-electron chi connectivity index (χ2n) is 9.35. The van der Waals surface area contributed by atoms with Crippen molar-refractivity contribution < 1.29 is 63.4 Å². The quantitative estimate of drug-likeness (QED) is 0.0617. The van der Waals surface area contributed by atoms with Crippen molar-refractivity contribution in [1.82, 2.24) is 15.2 Å². The number of nitrogen functional groups attached to an aromatic ring is 1. The summed E-state index contributed by atoms with van der Waals surface area (Å²) in [5.41, 5.74) is 7.00. The van der Waals surface area contributed by atoms with Gasteiger partial charge in [-0.3, -0.25) is 9.59 Å². The van der Waals surface area contributed by atoms with E-state index in [1.165, 1.54) is 10.3 Å². The molecule has 2 aliphatic heterocycles. The van der Waals surface area contributed by atoms with Gasteiger partial charge >= 0.3 is 35.5 Å². The largest absolute Gasteiger partial charge is 1.00 e. The van der Waals surface area contributed by atoms with Gasteiger partial charge in [0.1, 0.15) is 22.0 Å². The summed E-state index contributed by atoms with van der Waals surface area (Å²) >= 11 is 8.25. The first-order valence-electron chi connectivity index (χ1n) is 12.5. The summed E-state index contributed by atoms with van der Waals surface area (Å²) in [6, 6.07) is 17.4. The van der Waals surface area contributed by atoms with Gasteiger partial charge < -0.3 is 35.4 Å². The average molecular weight is 652 g/mol. The summed E-state index contributed by atoms with van der Waals surface area (Å²) in [5.74, 6) is -3.54. The predicted octanol–water partition coefficient (Wildman–Crippen LogP) is -2.09. The minimum absolute atomic E-state index is 0. The fourth-order valence-electron chi connectivity index (χ4n) is 4.38. The zero-order valence-corrected chi connectivity index (χ0v) is 27.1. The molecule has 5 rings (SSSR count). The molecule has 2 fully saturated rings. The number of oxime groups is 1. The number of carbonyl (C=O) groups is 4. The van der Waals surface area contributed by atoms with Crippen molar-refractivity contribution in [2.24, 2.45) is 5.16 Å². The van der Waals surface area contributed by atoms with Crippen LogP contribution < -0.4 is 45.7 Å². The van der Waals surface area contributed by atoms with Crippen LogP contribution in [0.15, 0.2) is 71.2 Å². The van der Waals surface area contributed by atoms with Crippen molar-refractivity contribution >= 4 is 69.3 Å². The minimum Gasteiger partial charge on any atom is -0.548 e. The molecule has 2 saturated heterocycles. The molecule has 43 heavy (non-hydrogen) atoms. The number of alkyl halides is 1. The number of anilines is 1. The molecule has 0 saturated carbocycles. The number of hydrogen-bond acceptors (Lipinski definition) is 12. The van der Waals surface area contributed by atoms with E-state index in [1.807, 2.05) is 60.7 Å². The summed E-state index contributed by atoms with van der Waals surface area (Å²) in [7, 11) is 0. The molecule has 0 radical (unpaired) electrons. The molecule has 12 nitrogen and oxygen atoms in total. The van der Waals surface area contributed by atoms with Crippen molar-refractivity contribution in [3.63, 3.8) is 0 Å². The maximum absolute atomic E-state index is 13.2. The standard InChI is InChI=1S/C27H24ClN5O7S2.Na/c28-27(25(37)38)13-33-23(36)20(24(33)42-14-27)31-22(35)19(17-12-41-26(29)30-17)32-39-11-18(34)40-21(15-7-3-1-4-8-15)16-9-5-2-6-10-16;/h1-10,12,20-21,24H,11,13-14H2,(H2,29,30)(H,31,35)(H,37,38);/q;+1/p-1/t20?,24-,27?;/m1./s1. The molecular weight excluding hydrogens is 629 g/mol. The number of carboxylic acids is 1. The first-order chi connectivity index (χ1) is 20.2. The Morgan fingerprint density at radius 2 is 1.79 bits per heavy atom. The fourth-order valence-corrected chi connectivity index (χ4v) is 6.62. The molecule has 3 aromatic rings. The van der Waals surface area contributed by atoms with E-state index in [2.05, 4.69) is 15.5 Å². The number of fused-ring (bicyclic) bond motifs is 1. The number of thiazole rings is 1. The number of amides is 2. The van der Waals surface area contributed by atoms with Gasteiger partial charge in [-0.2, -0.15) is 0 Å². The molecule has 16 heteroatoms. The molecule has 0 spiro atoms. The van der Waals surface area contributed by atoms with Gasteiger partial charge in [0.2, 0.25) is 12.5 Å². The number of halogens is 1. The summed E-state index contributed by atoms with van der Waals surface area (Å²) in [5, 5.41) is 18.9. The van der Waals surface area contributed by atoms with Crippen LogP contribution >= 0.6 is 34.7 Å². The molecule has 1 aromatic heterocycles.